The summed E-state index contributed by atoms with van der Waals surface area (Å²) in [6.07, 6.45) is 8.91. The fraction of sp³-hybridized carbons (Fsp3) is 0.500. The highest BCUT2D eigenvalue weighted by Crippen LogP contribution is 2.36. The fourth-order valence-corrected chi connectivity index (χ4v) is 3.03. The molecule has 0 aliphatic carbocycles. The molecular formula is C20H24N4O3. The van der Waals surface area contributed by atoms with Crippen LogP contribution in [0.2, 0.25) is 0 Å². The minimum atomic E-state index is -0.397. The van der Waals surface area contributed by atoms with Crippen molar-refractivity contribution in [3.05, 3.63) is 35.4 Å². The topological polar surface area (TPSA) is 92.2 Å². The maximum Gasteiger partial charge on any atom is 0.251 e. The molecule has 0 bridgehead atoms. The molecule has 1 saturated heterocycles. The highest BCUT2D eigenvalue weighted by Gasteiger charge is 2.38. The Bertz CT molecular complexity index is 739. The van der Waals surface area contributed by atoms with E-state index in [1.807, 2.05) is 0 Å². The van der Waals surface area contributed by atoms with Crippen molar-refractivity contribution in [1.29, 1.82) is 0 Å². The summed E-state index contributed by atoms with van der Waals surface area (Å²) in [6.45, 7) is 1.83. The molecule has 142 valence electrons. The van der Waals surface area contributed by atoms with E-state index in [4.69, 9.17) is 11.2 Å². The SMILES string of the molecule is C#CCCC1(CCNC(=O)c2ccc(C(=O)NC3CCOCC3)cc2)N=N1. The summed E-state index contributed by atoms with van der Waals surface area (Å²) in [6, 6.07) is 6.81. The monoisotopic (exact) mass is 368 g/mol. The maximum absolute atomic E-state index is 12.3. The van der Waals surface area contributed by atoms with Crippen LogP contribution in [-0.2, 0) is 4.74 Å². The summed E-state index contributed by atoms with van der Waals surface area (Å²) in [5.41, 5.74) is 0.660. The summed E-state index contributed by atoms with van der Waals surface area (Å²) in [5.74, 6) is 2.28. The maximum atomic E-state index is 12.3. The van der Waals surface area contributed by atoms with Gasteiger partial charge in [0.15, 0.2) is 5.66 Å². The zero-order valence-corrected chi connectivity index (χ0v) is 15.2. The number of carbonyl (C=O) groups excluding carboxylic acids is 2. The zero-order chi connectivity index (χ0) is 19.1. The van der Waals surface area contributed by atoms with E-state index >= 15 is 0 Å². The number of benzene rings is 1. The molecule has 7 nitrogen and oxygen atoms in total. The number of nitrogens with one attached hydrogen (secondary N) is 2. The molecule has 0 radical (unpaired) electrons. The first-order valence-electron chi connectivity index (χ1n) is 9.26. The van der Waals surface area contributed by atoms with E-state index in [0.29, 0.717) is 43.7 Å². The van der Waals surface area contributed by atoms with E-state index in [2.05, 4.69) is 26.8 Å². The molecule has 0 atom stereocenters. The Balaban J connectivity index is 1.44. The number of hydrogen-bond donors (Lipinski definition) is 2. The van der Waals surface area contributed by atoms with Crippen LogP contribution >= 0.6 is 0 Å². The summed E-state index contributed by atoms with van der Waals surface area (Å²) in [7, 11) is 0. The molecule has 0 saturated carbocycles. The van der Waals surface area contributed by atoms with Crippen molar-refractivity contribution < 1.29 is 14.3 Å². The van der Waals surface area contributed by atoms with Gasteiger partial charge in [0.2, 0.25) is 0 Å². The summed E-state index contributed by atoms with van der Waals surface area (Å²) in [4.78, 5) is 24.5. The first-order valence-corrected chi connectivity index (χ1v) is 9.26. The molecule has 2 heterocycles. The van der Waals surface area contributed by atoms with E-state index in [1.54, 1.807) is 24.3 Å². The van der Waals surface area contributed by atoms with Gasteiger partial charge in [-0.15, -0.1) is 12.3 Å². The lowest BCUT2D eigenvalue weighted by Crippen LogP contribution is -2.38. The molecule has 0 unspecified atom stereocenters. The molecule has 1 aromatic rings. The Hall–Kier alpha value is -2.72. The Morgan fingerprint density at radius 1 is 1.11 bits per heavy atom. The quantitative estimate of drug-likeness (QED) is 0.690. The van der Waals surface area contributed by atoms with E-state index in [9.17, 15) is 9.59 Å². The minimum Gasteiger partial charge on any atom is -0.381 e. The second-order valence-electron chi connectivity index (χ2n) is 6.83. The average Bonchev–Trinajstić information content (AvgIpc) is 3.47. The third-order valence-electron chi connectivity index (χ3n) is 4.83. The van der Waals surface area contributed by atoms with Gasteiger partial charge in [-0.2, -0.15) is 10.2 Å². The minimum absolute atomic E-state index is 0.124. The number of terminal acetylenes is 1. The van der Waals surface area contributed by atoms with Gasteiger partial charge in [0.25, 0.3) is 11.8 Å². The third kappa shape index (κ3) is 5.38. The molecule has 1 fully saturated rings. The van der Waals surface area contributed by atoms with Crippen molar-refractivity contribution >= 4 is 11.8 Å². The lowest BCUT2D eigenvalue weighted by Gasteiger charge is -2.23. The third-order valence-corrected chi connectivity index (χ3v) is 4.83. The Labute approximate surface area is 159 Å². The number of amides is 2. The van der Waals surface area contributed by atoms with Gasteiger partial charge in [0.1, 0.15) is 0 Å². The predicted molar refractivity (Wildman–Crippen MR) is 100 cm³/mol. The van der Waals surface area contributed by atoms with Crippen LogP contribution in [0, 0.1) is 12.3 Å². The Morgan fingerprint density at radius 3 is 2.33 bits per heavy atom. The average molecular weight is 368 g/mol. The van der Waals surface area contributed by atoms with Gasteiger partial charge in [-0.05, 0) is 37.1 Å². The Morgan fingerprint density at radius 2 is 1.74 bits per heavy atom. The number of rotatable bonds is 8. The lowest BCUT2D eigenvalue weighted by atomic mass is 10.0. The van der Waals surface area contributed by atoms with Crippen molar-refractivity contribution in [1.82, 2.24) is 10.6 Å². The first-order chi connectivity index (χ1) is 13.1. The first kappa shape index (κ1) is 19.1. The molecule has 1 aromatic carbocycles. The number of ether oxygens (including phenoxy) is 1. The lowest BCUT2D eigenvalue weighted by molar-refractivity contribution is 0.0696. The van der Waals surface area contributed by atoms with Crippen molar-refractivity contribution in [2.45, 2.75) is 43.8 Å². The second kappa shape index (κ2) is 8.78. The summed E-state index contributed by atoms with van der Waals surface area (Å²) >= 11 is 0. The van der Waals surface area contributed by atoms with Crippen LogP contribution in [0.4, 0.5) is 0 Å². The Kier molecular flexibility index (Phi) is 6.20. The molecule has 2 N–H and O–H groups in total. The van der Waals surface area contributed by atoms with Crippen molar-refractivity contribution in [2.24, 2.45) is 10.2 Å². The van der Waals surface area contributed by atoms with E-state index < -0.39 is 5.66 Å². The van der Waals surface area contributed by atoms with Crippen molar-refractivity contribution in [3.63, 3.8) is 0 Å². The van der Waals surface area contributed by atoms with Crippen LogP contribution in [0.5, 0.6) is 0 Å². The largest absolute Gasteiger partial charge is 0.381 e. The molecule has 2 aliphatic rings. The molecule has 3 rings (SSSR count). The van der Waals surface area contributed by atoms with Crippen LogP contribution in [-0.4, -0.2) is 43.3 Å². The molecule has 2 aliphatic heterocycles. The standard InChI is InChI=1S/C20H24N4O3/c1-2-3-10-20(23-24-20)11-12-21-18(25)15-4-6-16(7-5-15)19(26)22-17-8-13-27-14-9-17/h1,4-7,17H,3,8-14H2,(H,21,25)(H,22,26). The van der Waals surface area contributed by atoms with Crippen LogP contribution in [0.1, 0.15) is 52.8 Å². The van der Waals surface area contributed by atoms with Crippen LogP contribution in [0.15, 0.2) is 34.5 Å². The normalized spacial score (nSPS) is 17.7. The van der Waals surface area contributed by atoms with Crippen molar-refractivity contribution in [2.75, 3.05) is 19.8 Å². The van der Waals surface area contributed by atoms with Crippen LogP contribution in [0.3, 0.4) is 0 Å². The van der Waals surface area contributed by atoms with Crippen LogP contribution < -0.4 is 10.6 Å². The number of hydrogen-bond acceptors (Lipinski definition) is 5. The summed E-state index contributed by atoms with van der Waals surface area (Å²) < 4.78 is 5.29. The number of carbonyl (C=O) groups is 2. The van der Waals surface area contributed by atoms with Gasteiger partial charge in [-0.3, -0.25) is 9.59 Å². The smallest absolute Gasteiger partial charge is 0.251 e. The van der Waals surface area contributed by atoms with Crippen molar-refractivity contribution in [3.8, 4) is 12.3 Å². The molecule has 2 amide bonds. The van der Waals surface area contributed by atoms with Gasteiger partial charge in [0, 0.05) is 56.2 Å². The summed E-state index contributed by atoms with van der Waals surface area (Å²) in [5, 5.41) is 14.0. The molecule has 0 spiro atoms. The molecule has 0 aromatic heterocycles. The number of nitrogens with zero attached hydrogens (tertiary/aromatic N) is 2. The van der Waals surface area contributed by atoms with Gasteiger partial charge >= 0.3 is 0 Å². The molecule has 27 heavy (non-hydrogen) atoms. The van der Waals surface area contributed by atoms with E-state index in [0.717, 1.165) is 19.3 Å². The second-order valence-corrected chi connectivity index (χ2v) is 6.83. The fourth-order valence-electron chi connectivity index (χ4n) is 3.03. The van der Waals surface area contributed by atoms with E-state index in [1.165, 1.54) is 0 Å². The van der Waals surface area contributed by atoms with Crippen LogP contribution in [0.25, 0.3) is 0 Å². The van der Waals surface area contributed by atoms with E-state index in [-0.39, 0.29) is 17.9 Å². The highest BCUT2D eigenvalue weighted by atomic mass is 16.5. The zero-order valence-electron chi connectivity index (χ0n) is 15.2. The van der Waals surface area contributed by atoms with Gasteiger partial charge < -0.3 is 15.4 Å². The van der Waals surface area contributed by atoms with Gasteiger partial charge in [-0.1, -0.05) is 0 Å². The van der Waals surface area contributed by atoms with Gasteiger partial charge in [-0.25, -0.2) is 0 Å². The molecular weight excluding hydrogens is 344 g/mol. The highest BCUT2D eigenvalue weighted by molar-refractivity contribution is 5.97. The molecule has 7 heteroatoms. The predicted octanol–water partition coefficient (Wildman–Crippen LogP) is 2.29. The van der Waals surface area contributed by atoms with Gasteiger partial charge in [0.05, 0.1) is 0 Å².